The molecular formula is C14H28. The van der Waals surface area contributed by atoms with E-state index in [4.69, 9.17) is 0 Å². The minimum atomic E-state index is 0.858. The molecule has 0 saturated carbocycles. The Hall–Kier alpha value is -0.260. The van der Waals surface area contributed by atoms with Gasteiger partial charge in [0.15, 0.2) is 0 Å². The highest BCUT2D eigenvalue weighted by molar-refractivity contribution is 4.76. The minimum Gasteiger partial charge on any atom is -0.103 e. The number of hydrogen-bond acceptors (Lipinski definition) is 0. The van der Waals surface area contributed by atoms with Gasteiger partial charge in [-0.05, 0) is 24.2 Å². The smallest absolute Gasteiger partial charge is 0.0322 e. The van der Waals surface area contributed by atoms with Gasteiger partial charge in [0.25, 0.3) is 0 Å². The van der Waals surface area contributed by atoms with Crippen LogP contribution in [0.4, 0.5) is 0 Å². The van der Waals surface area contributed by atoms with Gasteiger partial charge in [-0.2, -0.15) is 0 Å². The summed E-state index contributed by atoms with van der Waals surface area (Å²) in [5.41, 5.74) is 0. The zero-order valence-corrected chi connectivity index (χ0v) is 10.6. The lowest BCUT2D eigenvalue weighted by Crippen LogP contribution is -2.11. The quantitative estimate of drug-likeness (QED) is 0.476. The van der Waals surface area contributed by atoms with E-state index in [2.05, 4.69) is 40.3 Å². The molecule has 0 spiro atoms. The van der Waals surface area contributed by atoms with Crippen molar-refractivity contribution in [2.75, 3.05) is 0 Å². The highest BCUT2D eigenvalue weighted by Crippen LogP contribution is 2.26. The van der Waals surface area contributed by atoms with E-state index in [0.29, 0.717) is 0 Å². The molecule has 0 heterocycles. The molecule has 0 amide bonds. The summed E-state index contributed by atoms with van der Waals surface area (Å²) in [5, 5.41) is 0. The van der Waals surface area contributed by atoms with Gasteiger partial charge in [0.1, 0.15) is 0 Å². The van der Waals surface area contributed by atoms with Gasteiger partial charge in [-0.25, -0.2) is 0 Å². The molecule has 3 unspecified atom stereocenters. The molecule has 0 bridgehead atoms. The van der Waals surface area contributed by atoms with Gasteiger partial charge < -0.3 is 0 Å². The molecule has 0 nitrogen and oxygen atoms in total. The number of hydrogen-bond donors (Lipinski definition) is 0. The topological polar surface area (TPSA) is 0 Å². The van der Waals surface area contributed by atoms with Crippen LogP contribution < -0.4 is 0 Å². The normalized spacial score (nSPS) is 17.4. The van der Waals surface area contributed by atoms with Crippen LogP contribution in [0.15, 0.2) is 12.7 Å². The second kappa shape index (κ2) is 8.08. The maximum Gasteiger partial charge on any atom is -0.0322 e. The molecule has 0 aromatic heterocycles. The minimum absolute atomic E-state index is 0.858. The molecule has 0 aliphatic rings. The van der Waals surface area contributed by atoms with Crippen LogP contribution in [-0.2, 0) is 0 Å². The maximum atomic E-state index is 3.84. The third-order valence-electron chi connectivity index (χ3n) is 3.61. The third-order valence-corrected chi connectivity index (χ3v) is 3.61. The van der Waals surface area contributed by atoms with E-state index in [1.165, 1.54) is 32.1 Å². The molecule has 0 fully saturated rings. The predicted molar refractivity (Wildman–Crippen MR) is 66.4 cm³/mol. The number of allylic oxidation sites excluding steroid dienone is 1. The van der Waals surface area contributed by atoms with Crippen molar-refractivity contribution in [3.8, 4) is 0 Å². The predicted octanol–water partition coefficient (Wildman–Crippen LogP) is 5.05. The van der Waals surface area contributed by atoms with Crippen molar-refractivity contribution in [2.24, 2.45) is 17.8 Å². The molecule has 14 heavy (non-hydrogen) atoms. The Morgan fingerprint density at radius 3 is 2.14 bits per heavy atom. The monoisotopic (exact) mass is 196 g/mol. The Morgan fingerprint density at radius 1 is 1.07 bits per heavy atom. The van der Waals surface area contributed by atoms with Crippen LogP contribution in [0.25, 0.3) is 0 Å². The summed E-state index contributed by atoms with van der Waals surface area (Å²) in [4.78, 5) is 0. The van der Waals surface area contributed by atoms with E-state index in [9.17, 15) is 0 Å². The molecule has 0 aromatic rings. The Balaban J connectivity index is 3.78. The lowest BCUT2D eigenvalue weighted by Gasteiger charge is -2.22. The Bertz CT molecular complexity index is 137. The van der Waals surface area contributed by atoms with Crippen molar-refractivity contribution < 1.29 is 0 Å². The van der Waals surface area contributed by atoms with E-state index in [0.717, 1.165) is 17.8 Å². The third kappa shape index (κ3) is 5.47. The molecule has 0 heteroatoms. The first-order valence-electron chi connectivity index (χ1n) is 6.26. The van der Waals surface area contributed by atoms with Gasteiger partial charge >= 0.3 is 0 Å². The second-order valence-electron chi connectivity index (χ2n) is 4.76. The molecule has 0 aromatic carbocycles. The molecule has 0 aliphatic heterocycles. The highest BCUT2D eigenvalue weighted by Gasteiger charge is 2.14. The molecule has 0 N–H and O–H groups in total. The second-order valence-corrected chi connectivity index (χ2v) is 4.76. The fraction of sp³-hybridized carbons (Fsp3) is 0.857. The average Bonchev–Trinajstić information content (AvgIpc) is 2.21. The molecule has 84 valence electrons. The summed E-state index contributed by atoms with van der Waals surface area (Å²) in [6.07, 6.45) is 8.68. The van der Waals surface area contributed by atoms with Gasteiger partial charge in [0.2, 0.25) is 0 Å². The zero-order valence-electron chi connectivity index (χ0n) is 10.6. The Morgan fingerprint density at radius 2 is 1.71 bits per heavy atom. The first-order chi connectivity index (χ1) is 6.65. The van der Waals surface area contributed by atoms with Gasteiger partial charge in [-0.3, -0.25) is 0 Å². The van der Waals surface area contributed by atoms with Gasteiger partial charge in [-0.1, -0.05) is 59.5 Å². The van der Waals surface area contributed by atoms with Crippen molar-refractivity contribution in [1.82, 2.24) is 0 Å². The molecular weight excluding hydrogens is 168 g/mol. The van der Waals surface area contributed by atoms with E-state index in [1.807, 2.05) is 0 Å². The largest absolute Gasteiger partial charge is 0.103 e. The van der Waals surface area contributed by atoms with E-state index < -0.39 is 0 Å². The summed E-state index contributed by atoms with van der Waals surface area (Å²) >= 11 is 0. The first-order valence-corrected chi connectivity index (χ1v) is 6.26. The summed E-state index contributed by atoms with van der Waals surface area (Å²) in [6, 6.07) is 0. The lowest BCUT2D eigenvalue weighted by molar-refractivity contribution is 0.303. The molecule has 0 saturated heterocycles. The van der Waals surface area contributed by atoms with Crippen molar-refractivity contribution in [2.45, 2.75) is 59.8 Å². The van der Waals surface area contributed by atoms with Crippen LogP contribution in [0.5, 0.6) is 0 Å². The van der Waals surface area contributed by atoms with Crippen LogP contribution in [0, 0.1) is 17.8 Å². The molecule has 0 radical (unpaired) electrons. The Labute approximate surface area is 90.8 Å². The summed E-state index contributed by atoms with van der Waals surface area (Å²) in [6.45, 7) is 13.2. The van der Waals surface area contributed by atoms with Crippen LogP contribution in [0.2, 0.25) is 0 Å². The van der Waals surface area contributed by atoms with Crippen LogP contribution in [0.1, 0.15) is 59.8 Å². The highest BCUT2D eigenvalue weighted by atomic mass is 14.2. The molecule has 0 rings (SSSR count). The van der Waals surface area contributed by atoms with Crippen molar-refractivity contribution >= 4 is 0 Å². The van der Waals surface area contributed by atoms with Gasteiger partial charge in [0.05, 0.1) is 0 Å². The van der Waals surface area contributed by atoms with Crippen LogP contribution in [0.3, 0.4) is 0 Å². The van der Waals surface area contributed by atoms with Gasteiger partial charge in [0, 0.05) is 0 Å². The summed E-state index contributed by atoms with van der Waals surface area (Å²) < 4.78 is 0. The van der Waals surface area contributed by atoms with Gasteiger partial charge in [-0.15, -0.1) is 6.58 Å². The molecule has 0 aliphatic carbocycles. The Kier molecular flexibility index (Phi) is 7.93. The average molecular weight is 196 g/mol. The van der Waals surface area contributed by atoms with E-state index >= 15 is 0 Å². The number of rotatable bonds is 8. The maximum absolute atomic E-state index is 3.84. The van der Waals surface area contributed by atoms with E-state index in [1.54, 1.807) is 0 Å². The SMILES string of the molecule is C=CCC(CC)C(C)CCC(C)CC. The fourth-order valence-electron chi connectivity index (χ4n) is 2.00. The van der Waals surface area contributed by atoms with Crippen molar-refractivity contribution in [3.05, 3.63) is 12.7 Å². The lowest BCUT2D eigenvalue weighted by atomic mass is 9.84. The van der Waals surface area contributed by atoms with E-state index in [-0.39, 0.29) is 0 Å². The molecule has 3 atom stereocenters. The fourth-order valence-corrected chi connectivity index (χ4v) is 2.00. The summed E-state index contributed by atoms with van der Waals surface area (Å²) in [5.74, 6) is 2.63. The van der Waals surface area contributed by atoms with Crippen LogP contribution >= 0.6 is 0 Å². The summed E-state index contributed by atoms with van der Waals surface area (Å²) in [7, 11) is 0. The van der Waals surface area contributed by atoms with Crippen LogP contribution in [-0.4, -0.2) is 0 Å². The standard InChI is InChI=1S/C14H28/c1-6-9-14(8-3)13(5)11-10-12(4)7-2/h6,12-14H,1,7-11H2,2-5H3. The van der Waals surface area contributed by atoms with Crippen molar-refractivity contribution in [3.63, 3.8) is 0 Å². The first kappa shape index (κ1) is 13.7. The zero-order chi connectivity index (χ0) is 11.0. The van der Waals surface area contributed by atoms with Crippen molar-refractivity contribution in [1.29, 1.82) is 0 Å².